The van der Waals surface area contributed by atoms with Gasteiger partial charge < -0.3 is 15.1 Å². The van der Waals surface area contributed by atoms with Crippen molar-refractivity contribution < 1.29 is 19.4 Å². The van der Waals surface area contributed by atoms with E-state index in [2.05, 4.69) is 18.7 Å². The Morgan fingerprint density at radius 3 is 2.36 bits per heavy atom. The molecule has 0 aliphatic carbocycles. The van der Waals surface area contributed by atoms with Gasteiger partial charge in [0.25, 0.3) is 0 Å². The summed E-state index contributed by atoms with van der Waals surface area (Å²) in [6, 6.07) is 5.88. The highest BCUT2D eigenvalue weighted by molar-refractivity contribution is 5.66. The zero-order valence-corrected chi connectivity index (χ0v) is 13.3. The summed E-state index contributed by atoms with van der Waals surface area (Å²) in [4.78, 5) is 12.7. The minimum Gasteiger partial charge on any atom is -0.481 e. The molecular formula is C17H26FNO3. The monoisotopic (exact) mass is 311 g/mol. The van der Waals surface area contributed by atoms with Crippen molar-refractivity contribution in [1.29, 1.82) is 0 Å². The van der Waals surface area contributed by atoms with E-state index in [1.807, 2.05) is 0 Å². The number of hydrogen-bond donors (Lipinski definition) is 2. The second-order valence-corrected chi connectivity index (χ2v) is 6.07. The van der Waals surface area contributed by atoms with Crippen molar-refractivity contribution in [1.82, 2.24) is 4.90 Å². The Hall–Kier alpha value is -1.46. The molecule has 0 saturated carbocycles. The van der Waals surface area contributed by atoms with Gasteiger partial charge in [-0.15, -0.1) is 0 Å². The summed E-state index contributed by atoms with van der Waals surface area (Å²) in [6.07, 6.45) is 0.931. The summed E-state index contributed by atoms with van der Waals surface area (Å²) in [5.74, 6) is -0.634. The van der Waals surface area contributed by atoms with Crippen LogP contribution < -0.4 is 0 Å². The van der Waals surface area contributed by atoms with Crippen LogP contribution in [0.5, 0.6) is 0 Å². The number of aliphatic hydroxyl groups is 1. The lowest BCUT2D eigenvalue weighted by molar-refractivity contribution is -0.137. The number of carboxylic acids is 1. The second-order valence-electron chi connectivity index (χ2n) is 6.07. The molecule has 0 aliphatic heterocycles. The number of aliphatic carboxylic acids is 1. The van der Waals surface area contributed by atoms with Gasteiger partial charge in [0.1, 0.15) is 5.82 Å². The molecule has 0 heterocycles. The number of carbonyl (C=O) groups is 1. The molecule has 22 heavy (non-hydrogen) atoms. The van der Waals surface area contributed by atoms with Crippen LogP contribution in [0.3, 0.4) is 0 Å². The van der Waals surface area contributed by atoms with Crippen molar-refractivity contribution in [3.63, 3.8) is 0 Å². The van der Waals surface area contributed by atoms with Crippen LogP contribution in [0.2, 0.25) is 0 Å². The minimum atomic E-state index is -0.776. The molecule has 0 radical (unpaired) electrons. The van der Waals surface area contributed by atoms with E-state index < -0.39 is 12.1 Å². The largest absolute Gasteiger partial charge is 0.481 e. The van der Waals surface area contributed by atoms with E-state index in [-0.39, 0.29) is 12.2 Å². The Balaban J connectivity index is 2.51. The molecule has 2 N–H and O–H groups in total. The Morgan fingerprint density at radius 1 is 1.18 bits per heavy atom. The minimum absolute atomic E-state index is 0.177. The highest BCUT2D eigenvalue weighted by Crippen LogP contribution is 2.16. The van der Waals surface area contributed by atoms with Crippen LogP contribution in [0.25, 0.3) is 0 Å². The van der Waals surface area contributed by atoms with Crippen molar-refractivity contribution >= 4 is 5.97 Å². The van der Waals surface area contributed by atoms with Crippen LogP contribution in [0, 0.1) is 11.7 Å². The molecule has 0 fully saturated rings. The lowest BCUT2D eigenvalue weighted by Gasteiger charge is -2.27. The van der Waals surface area contributed by atoms with Crippen LogP contribution in [0.4, 0.5) is 4.39 Å². The van der Waals surface area contributed by atoms with Crippen LogP contribution in [0.1, 0.15) is 44.8 Å². The zero-order valence-electron chi connectivity index (χ0n) is 13.3. The molecule has 0 aliphatic rings. The summed E-state index contributed by atoms with van der Waals surface area (Å²) in [6.45, 7) is 6.27. The molecule has 1 aromatic rings. The van der Waals surface area contributed by atoms with Gasteiger partial charge in [0.2, 0.25) is 0 Å². The third kappa shape index (κ3) is 7.52. The molecule has 0 amide bonds. The fourth-order valence-corrected chi connectivity index (χ4v) is 2.42. The number of rotatable bonds is 10. The van der Waals surface area contributed by atoms with Crippen molar-refractivity contribution in [2.75, 3.05) is 19.6 Å². The average molecular weight is 311 g/mol. The number of halogens is 1. The van der Waals surface area contributed by atoms with Gasteiger partial charge in [-0.25, -0.2) is 4.39 Å². The standard InChI is InChI=1S/C17H26FNO3/c1-13(2)11-19(10-4-3-5-17(21)22)12-16(20)14-6-8-15(18)9-7-14/h6-9,13,16,20H,3-5,10-12H2,1-2H3,(H,21,22). The maximum atomic E-state index is 12.9. The Labute approximate surface area is 131 Å². The lowest BCUT2D eigenvalue weighted by Crippen LogP contribution is -2.33. The van der Waals surface area contributed by atoms with Gasteiger partial charge in [-0.05, 0) is 43.0 Å². The summed E-state index contributed by atoms with van der Waals surface area (Å²) in [7, 11) is 0. The van der Waals surface area contributed by atoms with Gasteiger partial charge in [0, 0.05) is 19.5 Å². The highest BCUT2D eigenvalue weighted by Gasteiger charge is 2.15. The third-order valence-corrected chi connectivity index (χ3v) is 3.42. The first-order valence-corrected chi connectivity index (χ1v) is 7.76. The maximum Gasteiger partial charge on any atom is 0.303 e. The summed E-state index contributed by atoms with van der Waals surface area (Å²) >= 11 is 0. The number of nitrogens with zero attached hydrogens (tertiary/aromatic N) is 1. The Morgan fingerprint density at radius 2 is 1.82 bits per heavy atom. The van der Waals surface area contributed by atoms with Gasteiger partial charge in [-0.1, -0.05) is 26.0 Å². The lowest BCUT2D eigenvalue weighted by atomic mass is 10.1. The van der Waals surface area contributed by atoms with E-state index in [0.29, 0.717) is 24.4 Å². The second kappa shape index (κ2) is 9.54. The van der Waals surface area contributed by atoms with E-state index >= 15 is 0 Å². The number of aliphatic hydroxyl groups excluding tert-OH is 1. The van der Waals surface area contributed by atoms with E-state index in [4.69, 9.17) is 5.11 Å². The molecule has 0 saturated heterocycles. The molecule has 0 spiro atoms. The van der Waals surface area contributed by atoms with Gasteiger partial charge in [-0.3, -0.25) is 4.79 Å². The number of unbranched alkanes of at least 4 members (excludes halogenated alkanes) is 1. The quantitative estimate of drug-likeness (QED) is 0.652. The SMILES string of the molecule is CC(C)CN(CCCCC(=O)O)CC(O)c1ccc(F)cc1. The van der Waals surface area contributed by atoms with Crippen LogP contribution in [0.15, 0.2) is 24.3 Å². The van der Waals surface area contributed by atoms with Crippen molar-refractivity contribution in [3.8, 4) is 0 Å². The van der Waals surface area contributed by atoms with Gasteiger partial charge >= 0.3 is 5.97 Å². The predicted octanol–water partition coefficient (Wildman–Crippen LogP) is 3.07. The zero-order chi connectivity index (χ0) is 16.5. The highest BCUT2D eigenvalue weighted by atomic mass is 19.1. The molecule has 1 aromatic carbocycles. The number of carboxylic acid groups (broad SMARTS) is 1. The van der Waals surface area contributed by atoms with Gasteiger partial charge in [0.05, 0.1) is 6.10 Å². The topological polar surface area (TPSA) is 60.8 Å². The van der Waals surface area contributed by atoms with E-state index in [1.54, 1.807) is 12.1 Å². The number of benzene rings is 1. The summed E-state index contributed by atoms with van der Waals surface area (Å²) in [5.41, 5.74) is 0.695. The van der Waals surface area contributed by atoms with E-state index in [1.165, 1.54) is 12.1 Å². The third-order valence-electron chi connectivity index (χ3n) is 3.42. The summed E-state index contributed by atoms with van der Waals surface area (Å²) < 4.78 is 12.9. The van der Waals surface area contributed by atoms with E-state index in [9.17, 15) is 14.3 Å². The fourth-order valence-electron chi connectivity index (χ4n) is 2.42. The van der Waals surface area contributed by atoms with Crippen molar-refractivity contribution in [3.05, 3.63) is 35.6 Å². The first-order valence-electron chi connectivity index (χ1n) is 7.76. The molecular weight excluding hydrogens is 285 g/mol. The molecule has 5 heteroatoms. The van der Waals surface area contributed by atoms with Crippen LogP contribution in [-0.2, 0) is 4.79 Å². The van der Waals surface area contributed by atoms with Crippen LogP contribution >= 0.6 is 0 Å². The molecule has 124 valence electrons. The number of hydrogen-bond acceptors (Lipinski definition) is 3. The van der Waals surface area contributed by atoms with E-state index in [0.717, 1.165) is 19.5 Å². The van der Waals surface area contributed by atoms with Crippen LogP contribution in [-0.4, -0.2) is 40.7 Å². The average Bonchev–Trinajstić information content (AvgIpc) is 2.43. The fraction of sp³-hybridized carbons (Fsp3) is 0.588. The Kier molecular flexibility index (Phi) is 8.06. The molecule has 1 atom stereocenters. The molecule has 1 rings (SSSR count). The Bertz CT molecular complexity index is 448. The van der Waals surface area contributed by atoms with Crippen molar-refractivity contribution in [2.45, 2.75) is 39.2 Å². The maximum absolute atomic E-state index is 12.9. The predicted molar refractivity (Wildman–Crippen MR) is 84.1 cm³/mol. The first-order chi connectivity index (χ1) is 10.4. The van der Waals surface area contributed by atoms with Gasteiger partial charge in [0.15, 0.2) is 0 Å². The van der Waals surface area contributed by atoms with Gasteiger partial charge in [-0.2, -0.15) is 0 Å². The molecule has 4 nitrogen and oxygen atoms in total. The molecule has 0 aromatic heterocycles. The van der Waals surface area contributed by atoms with Crippen molar-refractivity contribution in [2.24, 2.45) is 5.92 Å². The molecule has 1 unspecified atom stereocenters. The smallest absolute Gasteiger partial charge is 0.303 e. The first kappa shape index (κ1) is 18.6. The molecule has 0 bridgehead atoms. The normalized spacial score (nSPS) is 12.8. The summed E-state index contributed by atoms with van der Waals surface area (Å²) in [5, 5.41) is 18.9.